The minimum atomic E-state index is -4.78. The fraction of sp³-hybridized carbons (Fsp3) is 0.533. The van der Waals surface area contributed by atoms with Crippen molar-refractivity contribution >= 4 is 18.3 Å². The Balaban J connectivity index is 0.00000288. The molecule has 1 aliphatic rings. The van der Waals surface area contributed by atoms with Crippen molar-refractivity contribution in [3.05, 3.63) is 29.8 Å². The zero-order valence-corrected chi connectivity index (χ0v) is 13.9. The molecular weight excluding hydrogens is 349 g/mol. The van der Waals surface area contributed by atoms with E-state index in [2.05, 4.69) is 4.74 Å². The van der Waals surface area contributed by atoms with E-state index in [4.69, 9.17) is 10.5 Å². The third-order valence-corrected chi connectivity index (χ3v) is 3.63. The molecule has 9 heteroatoms. The SMILES string of the molecule is CN(Cc1ccccc1OC(F)(F)F)C(=O)[C@@H]1CC[C@H](CN)O1.Cl. The van der Waals surface area contributed by atoms with Gasteiger partial charge in [0.2, 0.25) is 0 Å². The minimum absolute atomic E-state index is 0. The van der Waals surface area contributed by atoms with Crippen molar-refractivity contribution in [3.8, 4) is 5.75 Å². The second-order valence-corrected chi connectivity index (χ2v) is 5.41. The first-order chi connectivity index (χ1) is 10.8. The average molecular weight is 369 g/mol. The number of nitrogens with two attached hydrogens (primary N) is 1. The number of para-hydroxylation sites is 1. The van der Waals surface area contributed by atoms with E-state index in [0.29, 0.717) is 19.4 Å². The summed E-state index contributed by atoms with van der Waals surface area (Å²) < 4.78 is 46.7. The summed E-state index contributed by atoms with van der Waals surface area (Å²) >= 11 is 0. The molecule has 1 aromatic carbocycles. The summed E-state index contributed by atoms with van der Waals surface area (Å²) in [5, 5.41) is 0. The van der Waals surface area contributed by atoms with E-state index in [1.54, 1.807) is 6.07 Å². The molecule has 0 spiro atoms. The summed E-state index contributed by atoms with van der Waals surface area (Å²) in [4.78, 5) is 13.6. The van der Waals surface area contributed by atoms with E-state index in [9.17, 15) is 18.0 Å². The van der Waals surface area contributed by atoms with E-state index >= 15 is 0 Å². The molecule has 5 nitrogen and oxygen atoms in total. The van der Waals surface area contributed by atoms with E-state index in [1.807, 2.05) is 0 Å². The second kappa shape index (κ2) is 8.55. The first-order valence-electron chi connectivity index (χ1n) is 7.24. The quantitative estimate of drug-likeness (QED) is 0.867. The maximum atomic E-state index is 12.4. The van der Waals surface area contributed by atoms with Crippen LogP contribution in [0.4, 0.5) is 13.2 Å². The third kappa shape index (κ3) is 5.54. The van der Waals surface area contributed by atoms with Gasteiger partial charge in [-0.25, -0.2) is 0 Å². The predicted octanol–water partition coefficient (Wildman–Crippen LogP) is 2.47. The van der Waals surface area contributed by atoms with Crippen LogP contribution in [0.15, 0.2) is 24.3 Å². The van der Waals surface area contributed by atoms with Gasteiger partial charge in [-0.15, -0.1) is 25.6 Å². The molecule has 136 valence electrons. The number of ether oxygens (including phenoxy) is 2. The molecule has 1 amide bonds. The number of benzene rings is 1. The van der Waals surface area contributed by atoms with Crippen molar-refractivity contribution in [2.45, 2.75) is 38.0 Å². The molecule has 0 aliphatic carbocycles. The lowest BCUT2D eigenvalue weighted by atomic mass is 10.1. The van der Waals surface area contributed by atoms with E-state index in [0.717, 1.165) is 0 Å². The van der Waals surface area contributed by atoms with Crippen LogP contribution in [0.2, 0.25) is 0 Å². The Labute approximate surface area is 144 Å². The highest BCUT2D eigenvalue weighted by molar-refractivity contribution is 5.85. The summed E-state index contributed by atoms with van der Waals surface area (Å²) in [6.45, 7) is 0.341. The number of alkyl halides is 3. The maximum Gasteiger partial charge on any atom is 0.573 e. The number of halogens is 4. The van der Waals surface area contributed by atoms with Crippen molar-refractivity contribution in [1.82, 2.24) is 4.90 Å². The Morgan fingerprint density at radius 2 is 2.04 bits per heavy atom. The molecule has 0 unspecified atom stereocenters. The van der Waals surface area contributed by atoms with Crippen molar-refractivity contribution in [2.24, 2.45) is 5.73 Å². The Bertz CT molecular complexity index is 557. The van der Waals surface area contributed by atoms with Crippen LogP contribution in [0.25, 0.3) is 0 Å². The lowest BCUT2D eigenvalue weighted by Gasteiger charge is -2.22. The van der Waals surface area contributed by atoms with Gasteiger partial charge in [-0.3, -0.25) is 4.79 Å². The molecular formula is C15H20ClF3N2O3. The number of amides is 1. The molecule has 1 aliphatic heterocycles. The smallest absolute Gasteiger partial charge is 0.405 e. The van der Waals surface area contributed by atoms with Crippen LogP contribution in [0.1, 0.15) is 18.4 Å². The number of hydrogen-bond donors (Lipinski definition) is 1. The van der Waals surface area contributed by atoms with Crippen LogP contribution in [0.5, 0.6) is 5.75 Å². The van der Waals surface area contributed by atoms with Crippen LogP contribution >= 0.6 is 12.4 Å². The largest absolute Gasteiger partial charge is 0.573 e. The van der Waals surface area contributed by atoms with Crippen molar-refractivity contribution < 1.29 is 27.4 Å². The summed E-state index contributed by atoms with van der Waals surface area (Å²) in [7, 11) is 1.52. The Morgan fingerprint density at radius 1 is 1.38 bits per heavy atom. The van der Waals surface area contributed by atoms with Gasteiger partial charge in [0.05, 0.1) is 6.10 Å². The lowest BCUT2D eigenvalue weighted by Crippen LogP contribution is -2.36. The Kier molecular flexibility index (Phi) is 7.31. The molecule has 0 radical (unpaired) electrons. The maximum absolute atomic E-state index is 12.4. The van der Waals surface area contributed by atoms with Gasteiger partial charge in [-0.1, -0.05) is 18.2 Å². The van der Waals surface area contributed by atoms with Gasteiger partial charge in [0, 0.05) is 25.7 Å². The Morgan fingerprint density at radius 3 is 2.62 bits per heavy atom. The molecule has 1 saturated heterocycles. The Hall–Kier alpha value is -1.51. The second-order valence-electron chi connectivity index (χ2n) is 5.41. The molecule has 24 heavy (non-hydrogen) atoms. The summed E-state index contributed by atoms with van der Waals surface area (Å²) in [6.07, 6.45) is -4.25. The van der Waals surface area contributed by atoms with Gasteiger partial charge in [0.15, 0.2) is 0 Å². The minimum Gasteiger partial charge on any atom is -0.405 e. The number of carbonyl (C=O) groups is 1. The predicted molar refractivity (Wildman–Crippen MR) is 83.8 cm³/mol. The monoisotopic (exact) mass is 368 g/mol. The zero-order valence-electron chi connectivity index (χ0n) is 13.1. The van der Waals surface area contributed by atoms with Crippen molar-refractivity contribution in [1.29, 1.82) is 0 Å². The number of rotatable bonds is 5. The van der Waals surface area contributed by atoms with Crippen LogP contribution < -0.4 is 10.5 Å². The molecule has 1 fully saturated rings. The van der Waals surface area contributed by atoms with Gasteiger partial charge in [-0.05, 0) is 18.9 Å². The molecule has 2 N–H and O–H groups in total. The fourth-order valence-corrected chi connectivity index (χ4v) is 2.50. The average Bonchev–Trinajstić information content (AvgIpc) is 2.96. The van der Waals surface area contributed by atoms with E-state index in [-0.39, 0.29) is 42.3 Å². The third-order valence-electron chi connectivity index (χ3n) is 3.63. The van der Waals surface area contributed by atoms with Crippen LogP contribution in [-0.4, -0.2) is 43.0 Å². The summed E-state index contributed by atoms with van der Waals surface area (Å²) in [5.41, 5.74) is 5.77. The summed E-state index contributed by atoms with van der Waals surface area (Å²) in [6, 6.07) is 5.74. The number of likely N-dealkylation sites (N-methyl/N-ethyl adjacent to an activating group) is 1. The van der Waals surface area contributed by atoms with Gasteiger partial charge in [0.1, 0.15) is 11.9 Å². The normalized spacial score (nSPS) is 20.4. The summed E-state index contributed by atoms with van der Waals surface area (Å²) in [5.74, 6) is -0.588. The number of nitrogens with zero attached hydrogens (tertiary/aromatic N) is 1. The highest BCUT2D eigenvalue weighted by Gasteiger charge is 2.34. The first kappa shape index (κ1) is 20.5. The van der Waals surface area contributed by atoms with Gasteiger partial charge in [-0.2, -0.15) is 0 Å². The highest BCUT2D eigenvalue weighted by Crippen LogP contribution is 2.27. The van der Waals surface area contributed by atoms with Gasteiger partial charge in [0.25, 0.3) is 5.91 Å². The van der Waals surface area contributed by atoms with Crippen molar-refractivity contribution in [2.75, 3.05) is 13.6 Å². The van der Waals surface area contributed by atoms with Crippen molar-refractivity contribution in [3.63, 3.8) is 0 Å². The highest BCUT2D eigenvalue weighted by atomic mass is 35.5. The molecule has 0 aromatic heterocycles. The topological polar surface area (TPSA) is 64.8 Å². The van der Waals surface area contributed by atoms with E-state index in [1.165, 1.54) is 30.1 Å². The number of carbonyl (C=O) groups excluding carboxylic acids is 1. The molecule has 0 saturated carbocycles. The lowest BCUT2D eigenvalue weighted by molar-refractivity contribution is -0.275. The molecule has 1 aromatic rings. The van der Waals surface area contributed by atoms with Crippen LogP contribution in [-0.2, 0) is 16.1 Å². The zero-order chi connectivity index (χ0) is 17.0. The molecule has 1 heterocycles. The van der Waals surface area contributed by atoms with Gasteiger partial charge >= 0.3 is 6.36 Å². The van der Waals surface area contributed by atoms with E-state index < -0.39 is 12.5 Å². The first-order valence-corrected chi connectivity index (χ1v) is 7.24. The van der Waals surface area contributed by atoms with Crippen LogP contribution in [0.3, 0.4) is 0 Å². The number of hydrogen-bond acceptors (Lipinski definition) is 4. The van der Waals surface area contributed by atoms with Gasteiger partial charge < -0.3 is 20.1 Å². The van der Waals surface area contributed by atoms with Crippen LogP contribution in [0, 0.1) is 0 Å². The molecule has 0 bridgehead atoms. The molecule has 2 rings (SSSR count). The standard InChI is InChI=1S/C15H19F3N2O3.ClH/c1-20(14(21)13-7-6-11(8-19)22-13)9-10-4-2-3-5-12(10)23-15(16,17)18;/h2-5,11,13H,6-9,19H2,1H3;1H/t11-,13+;/m1./s1. The molecule has 2 atom stereocenters. The fourth-order valence-electron chi connectivity index (χ4n) is 2.50.